The standard InChI is InChI=1S/C26H40N8O2S/c1-31(2)10-4-9-27-20-25(35)34-13-11-33(12-14-34)24-19-23(29-26(30-24)37-3)28-21-5-7-22(8-6-21)32-15-17-36-18-16-32/h5-8,19,27H,4,9-18,20H2,1-3H3,(H,28,29,30). The van der Waals surface area contributed by atoms with Gasteiger partial charge in [0.1, 0.15) is 11.6 Å². The molecule has 3 heterocycles. The molecule has 2 saturated heterocycles. The lowest BCUT2D eigenvalue weighted by Gasteiger charge is -2.35. The maximum absolute atomic E-state index is 12.6. The number of thioether (sulfide) groups is 1. The minimum absolute atomic E-state index is 0.167. The summed E-state index contributed by atoms with van der Waals surface area (Å²) < 4.78 is 5.46. The van der Waals surface area contributed by atoms with Gasteiger partial charge in [-0.1, -0.05) is 11.8 Å². The third-order valence-electron chi connectivity index (χ3n) is 6.58. The number of amides is 1. The van der Waals surface area contributed by atoms with Crippen molar-refractivity contribution < 1.29 is 9.53 Å². The Balaban J connectivity index is 1.31. The van der Waals surface area contributed by atoms with E-state index in [1.165, 1.54) is 17.4 Å². The van der Waals surface area contributed by atoms with Crippen LogP contribution in [0.2, 0.25) is 0 Å². The Morgan fingerprint density at radius 1 is 1.03 bits per heavy atom. The molecule has 10 nitrogen and oxygen atoms in total. The first-order valence-corrected chi connectivity index (χ1v) is 14.3. The molecule has 37 heavy (non-hydrogen) atoms. The summed E-state index contributed by atoms with van der Waals surface area (Å²) in [4.78, 5) is 30.7. The highest BCUT2D eigenvalue weighted by atomic mass is 32.2. The van der Waals surface area contributed by atoms with Crippen LogP contribution in [-0.2, 0) is 9.53 Å². The molecule has 0 unspecified atom stereocenters. The number of morpholine rings is 1. The van der Waals surface area contributed by atoms with E-state index in [0.29, 0.717) is 19.6 Å². The number of aromatic nitrogens is 2. The van der Waals surface area contributed by atoms with Gasteiger partial charge in [-0.15, -0.1) is 0 Å². The molecule has 4 rings (SSSR count). The normalized spacial score (nSPS) is 16.4. The smallest absolute Gasteiger partial charge is 0.236 e. The monoisotopic (exact) mass is 528 g/mol. The summed E-state index contributed by atoms with van der Waals surface area (Å²) in [6.07, 6.45) is 3.02. The minimum atomic E-state index is 0.167. The molecule has 2 aromatic rings. The third-order valence-corrected chi connectivity index (χ3v) is 7.13. The van der Waals surface area contributed by atoms with Crippen LogP contribution in [-0.4, -0.2) is 118 Å². The molecular weight excluding hydrogens is 488 g/mol. The highest BCUT2D eigenvalue weighted by Crippen LogP contribution is 2.25. The molecule has 202 valence electrons. The van der Waals surface area contributed by atoms with Gasteiger partial charge in [-0.25, -0.2) is 9.97 Å². The molecule has 2 aliphatic heterocycles. The summed E-state index contributed by atoms with van der Waals surface area (Å²) >= 11 is 1.53. The number of rotatable bonds is 11. The van der Waals surface area contributed by atoms with Gasteiger partial charge in [0.25, 0.3) is 0 Å². The molecule has 0 radical (unpaired) electrons. The van der Waals surface area contributed by atoms with Crippen LogP contribution in [0.4, 0.5) is 23.0 Å². The second-order valence-corrected chi connectivity index (χ2v) is 10.3. The minimum Gasteiger partial charge on any atom is -0.378 e. The molecule has 2 N–H and O–H groups in total. The lowest BCUT2D eigenvalue weighted by atomic mass is 10.2. The van der Waals surface area contributed by atoms with Crippen LogP contribution in [0.15, 0.2) is 35.5 Å². The van der Waals surface area contributed by atoms with Crippen LogP contribution in [0, 0.1) is 0 Å². The molecule has 0 aliphatic carbocycles. The van der Waals surface area contributed by atoms with Gasteiger partial charge in [0, 0.05) is 56.7 Å². The van der Waals surface area contributed by atoms with E-state index in [2.05, 4.69) is 68.7 Å². The van der Waals surface area contributed by atoms with E-state index in [1.807, 2.05) is 17.2 Å². The van der Waals surface area contributed by atoms with Crippen LogP contribution in [0.25, 0.3) is 0 Å². The Kier molecular flexibility index (Phi) is 10.2. The van der Waals surface area contributed by atoms with Gasteiger partial charge in [-0.2, -0.15) is 0 Å². The van der Waals surface area contributed by atoms with Gasteiger partial charge in [0.05, 0.1) is 19.8 Å². The van der Waals surface area contributed by atoms with E-state index >= 15 is 0 Å². The highest BCUT2D eigenvalue weighted by Gasteiger charge is 2.22. The molecule has 0 atom stereocenters. The number of piperazine rings is 1. The predicted octanol–water partition coefficient (Wildman–Crippen LogP) is 1.97. The largest absolute Gasteiger partial charge is 0.378 e. The van der Waals surface area contributed by atoms with Crippen LogP contribution < -0.4 is 20.4 Å². The Morgan fingerprint density at radius 3 is 2.43 bits per heavy atom. The van der Waals surface area contributed by atoms with Crippen LogP contribution in [0.5, 0.6) is 0 Å². The summed E-state index contributed by atoms with van der Waals surface area (Å²) in [6, 6.07) is 10.4. The Labute approximate surface area is 224 Å². The highest BCUT2D eigenvalue weighted by molar-refractivity contribution is 7.98. The van der Waals surface area contributed by atoms with Gasteiger partial charge in [0.2, 0.25) is 5.91 Å². The zero-order valence-electron chi connectivity index (χ0n) is 22.3. The van der Waals surface area contributed by atoms with Crippen molar-refractivity contribution in [1.82, 2.24) is 25.1 Å². The van der Waals surface area contributed by atoms with E-state index in [-0.39, 0.29) is 5.91 Å². The van der Waals surface area contributed by atoms with E-state index < -0.39 is 0 Å². The van der Waals surface area contributed by atoms with Gasteiger partial charge < -0.3 is 35.0 Å². The number of carbonyl (C=O) groups is 1. The summed E-state index contributed by atoms with van der Waals surface area (Å²) in [5.41, 5.74) is 2.19. The molecule has 2 aliphatic rings. The van der Waals surface area contributed by atoms with Gasteiger partial charge >= 0.3 is 0 Å². The number of nitrogens with one attached hydrogen (secondary N) is 2. The van der Waals surface area contributed by atoms with Crippen molar-refractivity contribution in [3.63, 3.8) is 0 Å². The maximum atomic E-state index is 12.6. The number of ether oxygens (including phenoxy) is 1. The van der Waals surface area contributed by atoms with E-state index in [0.717, 1.165) is 81.4 Å². The maximum Gasteiger partial charge on any atom is 0.236 e. The second-order valence-electron chi connectivity index (χ2n) is 9.57. The lowest BCUT2D eigenvalue weighted by molar-refractivity contribution is -0.130. The van der Waals surface area contributed by atoms with Crippen molar-refractivity contribution in [2.75, 3.05) is 108 Å². The zero-order chi connectivity index (χ0) is 26.0. The first-order valence-electron chi connectivity index (χ1n) is 13.0. The number of nitrogens with zero attached hydrogens (tertiary/aromatic N) is 6. The van der Waals surface area contributed by atoms with E-state index in [9.17, 15) is 4.79 Å². The average molecular weight is 529 g/mol. The summed E-state index contributed by atoms with van der Waals surface area (Å²) in [5, 5.41) is 7.45. The van der Waals surface area contributed by atoms with Crippen molar-refractivity contribution in [3.8, 4) is 0 Å². The number of benzene rings is 1. The predicted molar refractivity (Wildman–Crippen MR) is 151 cm³/mol. The van der Waals surface area contributed by atoms with Gasteiger partial charge in [0.15, 0.2) is 5.16 Å². The van der Waals surface area contributed by atoms with Gasteiger partial charge in [-0.05, 0) is 64.1 Å². The van der Waals surface area contributed by atoms with Crippen molar-refractivity contribution in [2.24, 2.45) is 0 Å². The van der Waals surface area contributed by atoms with Crippen molar-refractivity contribution >= 4 is 40.7 Å². The summed E-state index contributed by atoms with van der Waals surface area (Å²) in [6.45, 7) is 8.57. The first-order chi connectivity index (χ1) is 18.0. The fourth-order valence-electron chi connectivity index (χ4n) is 4.47. The van der Waals surface area contributed by atoms with Crippen LogP contribution in [0.1, 0.15) is 6.42 Å². The fraction of sp³-hybridized carbons (Fsp3) is 0.577. The Hall–Kier alpha value is -2.60. The lowest BCUT2D eigenvalue weighted by Crippen LogP contribution is -2.51. The third kappa shape index (κ3) is 8.19. The molecule has 11 heteroatoms. The molecule has 1 aromatic carbocycles. The number of anilines is 4. The van der Waals surface area contributed by atoms with Crippen LogP contribution in [0.3, 0.4) is 0 Å². The number of hydrogen-bond donors (Lipinski definition) is 2. The first kappa shape index (κ1) is 27.4. The van der Waals surface area contributed by atoms with Gasteiger partial charge in [-0.3, -0.25) is 4.79 Å². The molecule has 1 aromatic heterocycles. The quantitative estimate of drug-likeness (QED) is 0.256. The van der Waals surface area contributed by atoms with Crippen molar-refractivity contribution in [2.45, 2.75) is 11.6 Å². The molecule has 0 saturated carbocycles. The fourth-order valence-corrected chi connectivity index (χ4v) is 4.84. The summed E-state index contributed by atoms with van der Waals surface area (Å²) in [7, 11) is 4.13. The Bertz CT molecular complexity index is 993. The Morgan fingerprint density at radius 2 is 1.76 bits per heavy atom. The second kappa shape index (κ2) is 13.8. The summed E-state index contributed by atoms with van der Waals surface area (Å²) in [5.74, 6) is 1.83. The molecule has 1 amide bonds. The average Bonchev–Trinajstić information content (AvgIpc) is 2.93. The van der Waals surface area contributed by atoms with E-state index in [1.54, 1.807) is 0 Å². The van der Waals surface area contributed by atoms with E-state index in [4.69, 9.17) is 9.72 Å². The van der Waals surface area contributed by atoms with Crippen molar-refractivity contribution in [3.05, 3.63) is 30.3 Å². The molecular formula is C26H40N8O2S. The molecule has 0 bridgehead atoms. The topological polar surface area (TPSA) is 89.1 Å². The molecule has 2 fully saturated rings. The zero-order valence-corrected chi connectivity index (χ0v) is 23.1. The number of hydrogen-bond acceptors (Lipinski definition) is 10. The van der Waals surface area contributed by atoms with Crippen molar-refractivity contribution in [1.29, 1.82) is 0 Å². The molecule has 0 spiro atoms. The SMILES string of the molecule is CSc1nc(Nc2ccc(N3CCOCC3)cc2)cc(N2CCN(C(=O)CNCCCN(C)C)CC2)n1. The number of carbonyl (C=O) groups excluding carboxylic acids is 1. The van der Waals surface area contributed by atoms with Crippen LogP contribution >= 0.6 is 11.8 Å².